The first kappa shape index (κ1) is 13.4. The summed E-state index contributed by atoms with van der Waals surface area (Å²) in [5, 5.41) is 17.2. The fraction of sp³-hybridized carbons (Fsp3) is 0.889. The van der Waals surface area contributed by atoms with E-state index in [1.165, 1.54) is 0 Å². The van der Waals surface area contributed by atoms with Gasteiger partial charge in [-0.2, -0.15) is 0 Å². The van der Waals surface area contributed by atoms with Gasteiger partial charge in [0, 0.05) is 33.4 Å². The van der Waals surface area contributed by atoms with Crippen LogP contribution in [0.1, 0.15) is 12.8 Å². The molecule has 0 rings (SSSR count). The number of rotatable bonds is 9. The van der Waals surface area contributed by atoms with Crippen LogP contribution in [-0.2, 0) is 9.53 Å². The summed E-state index contributed by atoms with van der Waals surface area (Å²) in [4.78, 5) is 12.2. The molecule has 0 aliphatic carbocycles. The summed E-state index contributed by atoms with van der Waals surface area (Å²) in [7, 11) is 1.63. The van der Waals surface area contributed by atoms with E-state index in [2.05, 4.69) is 0 Å². The minimum atomic E-state index is -0.806. The van der Waals surface area contributed by atoms with Gasteiger partial charge in [-0.25, -0.2) is 0 Å². The highest BCUT2D eigenvalue weighted by molar-refractivity contribution is 5.66. The van der Waals surface area contributed by atoms with Crippen molar-refractivity contribution in [2.24, 2.45) is 0 Å². The predicted octanol–water partition coefficient (Wildman–Crippen LogP) is -0.208. The molecule has 0 heterocycles. The second kappa shape index (κ2) is 8.93. The molecule has 0 spiro atoms. The lowest BCUT2D eigenvalue weighted by molar-refractivity contribution is -0.137. The molecular weight excluding hydrogens is 186 g/mol. The fourth-order valence-corrected chi connectivity index (χ4v) is 1.16. The van der Waals surface area contributed by atoms with Gasteiger partial charge in [-0.05, 0) is 6.42 Å². The Morgan fingerprint density at radius 2 is 2.07 bits per heavy atom. The van der Waals surface area contributed by atoms with E-state index in [0.717, 1.165) is 13.0 Å². The Balaban J connectivity index is 3.59. The van der Waals surface area contributed by atoms with Crippen LogP contribution in [0.5, 0.6) is 0 Å². The second-order valence-corrected chi connectivity index (χ2v) is 3.06. The molecule has 84 valence electrons. The number of nitrogens with zero attached hydrogens (tertiary/aromatic N) is 1. The predicted molar refractivity (Wildman–Crippen MR) is 52.3 cm³/mol. The van der Waals surface area contributed by atoms with Crippen LogP contribution in [0, 0.1) is 0 Å². The van der Waals surface area contributed by atoms with Gasteiger partial charge in [0.15, 0.2) is 0 Å². The Morgan fingerprint density at radius 1 is 1.36 bits per heavy atom. The Hall–Kier alpha value is -0.650. The number of methoxy groups -OCH3 is 1. The van der Waals surface area contributed by atoms with Crippen LogP contribution in [-0.4, -0.2) is 61.0 Å². The average Bonchev–Trinajstić information content (AvgIpc) is 2.14. The zero-order valence-corrected chi connectivity index (χ0v) is 8.61. The van der Waals surface area contributed by atoms with E-state index in [1.54, 1.807) is 7.11 Å². The highest BCUT2D eigenvalue weighted by atomic mass is 16.5. The molecule has 0 radical (unpaired) electrons. The quantitative estimate of drug-likeness (QED) is 0.510. The van der Waals surface area contributed by atoms with Gasteiger partial charge in [0.2, 0.25) is 0 Å². The Labute approximate surface area is 84.3 Å². The third-order valence-corrected chi connectivity index (χ3v) is 1.88. The second-order valence-electron chi connectivity index (χ2n) is 3.06. The molecule has 0 fully saturated rings. The first-order valence-electron chi connectivity index (χ1n) is 4.74. The lowest BCUT2D eigenvalue weighted by Crippen LogP contribution is -2.30. The summed E-state index contributed by atoms with van der Waals surface area (Å²) in [6.07, 6.45) is 0.975. The maximum Gasteiger partial charge on any atom is 0.304 e. The number of carboxylic acid groups (broad SMARTS) is 1. The smallest absolute Gasteiger partial charge is 0.304 e. The van der Waals surface area contributed by atoms with Crippen molar-refractivity contribution in [1.29, 1.82) is 0 Å². The van der Waals surface area contributed by atoms with Gasteiger partial charge in [-0.3, -0.25) is 4.79 Å². The first-order chi connectivity index (χ1) is 6.70. The van der Waals surface area contributed by atoms with Crippen molar-refractivity contribution in [2.45, 2.75) is 12.8 Å². The number of hydrogen-bond donors (Lipinski definition) is 2. The molecule has 0 aromatic heterocycles. The van der Waals surface area contributed by atoms with Gasteiger partial charge in [0.05, 0.1) is 13.0 Å². The molecule has 0 atom stereocenters. The minimum absolute atomic E-state index is 0.0621. The number of ether oxygens (including phenoxy) is 1. The normalized spacial score (nSPS) is 10.8. The van der Waals surface area contributed by atoms with Crippen LogP contribution in [0.25, 0.3) is 0 Å². The zero-order valence-electron chi connectivity index (χ0n) is 8.61. The van der Waals surface area contributed by atoms with Crippen LogP contribution < -0.4 is 0 Å². The van der Waals surface area contributed by atoms with Crippen molar-refractivity contribution in [3.05, 3.63) is 0 Å². The third kappa shape index (κ3) is 7.97. The molecular formula is C9H19NO4. The van der Waals surface area contributed by atoms with E-state index < -0.39 is 5.97 Å². The van der Waals surface area contributed by atoms with Crippen molar-refractivity contribution < 1.29 is 19.7 Å². The van der Waals surface area contributed by atoms with Gasteiger partial charge in [0.25, 0.3) is 0 Å². The van der Waals surface area contributed by atoms with E-state index in [1.807, 2.05) is 4.90 Å². The Morgan fingerprint density at radius 3 is 2.57 bits per heavy atom. The number of aliphatic hydroxyl groups is 1. The van der Waals surface area contributed by atoms with Crippen molar-refractivity contribution >= 4 is 5.97 Å². The summed E-state index contributed by atoms with van der Waals surface area (Å²) in [6, 6.07) is 0. The molecule has 0 aromatic rings. The van der Waals surface area contributed by atoms with Gasteiger partial charge < -0.3 is 19.8 Å². The zero-order chi connectivity index (χ0) is 10.8. The number of carbonyl (C=O) groups is 1. The van der Waals surface area contributed by atoms with Crippen LogP contribution in [0.15, 0.2) is 0 Å². The van der Waals surface area contributed by atoms with Crippen LogP contribution >= 0.6 is 0 Å². The summed E-state index contributed by atoms with van der Waals surface area (Å²) in [5.74, 6) is -0.806. The number of aliphatic carboxylic acids is 1. The van der Waals surface area contributed by atoms with Crippen molar-refractivity contribution in [3.63, 3.8) is 0 Å². The Kier molecular flexibility index (Phi) is 8.51. The molecule has 0 saturated heterocycles. The molecule has 0 aromatic carbocycles. The van der Waals surface area contributed by atoms with Gasteiger partial charge in [-0.1, -0.05) is 0 Å². The summed E-state index contributed by atoms with van der Waals surface area (Å²) in [5.41, 5.74) is 0. The standard InChI is InChI=1S/C9H19NO4/c1-14-8-2-4-10(6-7-11)5-3-9(12)13/h11H,2-8H2,1H3,(H,12,13). The maximum absolute atomic E-state index is 10.3. The lowest BCUT2D eigenvalue weighted by atomic mass is 10.3. The van der Waals surface area contributed by atoms with Gasteiger partial charge in [0.1, 0.15) is 0 Å². The van der Waals surface area contributed by atoms with E-state index >= 15 is 0 Å². The van der Waals surface area contributed by atoms with Crippen LogP contribution in [0.3, 0.4) is 0 Å². The largest absolute Gasteiger partial charge is 0.481 e. The van der Waals surface area contributed by atoms with E-state index in [0.29, 0.717) is 19.7 Å². The molecule has 0 unspecified atom stereocenters. The average molecular weight is 205 g/mol. The highest BCUT2D eigenvalue weighted by Crippen LogP contribution is 1.94. The van der Waals surface area contributed by atoms with E-state index in [-0.39, 0.29) is 13.0 Å². The van der Waals surface area contributed by atoms with Crippen LogP contribution in [0.2, 0.25) is 0 Å². The maximum atomic E-state index is 10.3. The fourth-order valence-electron chi connectivity index (χ4n) is 1.16. The van der Waals surface area contributed by atoms with Crippen molar-refractivity contribution in [2.75, 3.05) is 40.0 Å². The highest BCUT2D eigenvalue weighted by Gasteiger charge is 2.06. The monoisotopic (exact) mass is 205 g/mol. The number of aliphatic hydroxyl groups excluding tert-OH is 1. The molecule has 5 heteroatoms. The molecule has 14 heavy (non-hydrogen) atoms. The van der Waals surface area contributed by atoms with E-state index in [9.17, 15) is 4.79 Å². The lowest BCUT2D eigenvalue weighted by Gasteiger charge is -2.19. The Bertz CT molecular complexity index is 152. The third-order valence-electron chi connectivity index (χ3n) is 1.88. The number of carboxylic acids is 1. The minimum Gasteiger partial charge on any atom is -0.481 e. The topological polar surface area (TPSA) is 70.0 Å². The summed E-state index contributed by atoms with van der Waals surface area (Å²) < 4.78 is 4.89. The summed E-state index contributed by atoms with van der Waals surface area (Å²) >= 11 is 0. The first-order valence-corrected chi connectivity index (χ1v) is 4.74. The van der Waals surface area contributed by atoms with Crippen molar-refractivity contribution in [3.8, 4) is 0 Å². The molecule has 0 aliphatic heterocycles. The molecule has 0 amide bonds. The molecule has 0 bridgehead atoms. The van der Waals surface area contributed by atoms with E-state index in [4.69, 9.17) is 14.9 Å². The molecule has 0 aliphatic rings. The molecule has 2 N–H and O–H groups in total. The van der Waals surface area contributed by atoms with Gasteiger partial charge >= 0.3 is 5.97 Å². The van der Waals surface area contributed by atoms with Gasteiger partial charge in [-0.15, -0.1) is 0 Å². The number of hydrogen-bond acceptors (Lipinski definition) is 4. The SMILES string of the molecule is COCCCN(CCO)CCC(=O)O. The van der Waals surface area contributed by atoms with Crippen molar-refractivity contribution in [1.82, 2.24) is 4.90 Å². The molecule has 5 nitrogen and oxygen atoms in total. The summed E-state index contributed by atoms with van der Waals surface area (Å²) in [6.45, 7) is 2.50. The molecule has 0 saturated carbocycles. The van der Waals surface area contributed by atoms with Crippen LogP contribution in [0.4, 0.5) is 0 Å².